The van der Waals surface area contributed by atoms with Crippen LogP contribution in [0.1, 0.15) is 60.0 Å². The number of benzene rings is 4. The minimum Gasteiger partial charge on any atom is -0.387 e. The van der Waals surface area contributed by atoms with Gasteiger partial charge in [0.1, 0.15) is 0 Å². The maximum absolute atomic E-state index is 11.2. The molecule has 3 aliphatic heterocycles. The molecule has 3 heterocycles. The summed E-state index contributed by atoms with van der Waals surface area (Å²) in [6.45, 7) is 4.39. The summed E-state index contributed by atoms with van der Waals surface area (Å²) in [5.74, 6) is 1.51. The molecular formula is C41H48ClN3O3. The fourth-order valence-electron chi connectivity index (χ4n) is 7.37. The number of carbonyl (C=O) groups excluding carboxylic acids is 1. The summed E-state index contributed by atoms with van der Waals surface area (Å²) in [6.07, 6.45) is 4.90. The summed E-state index contributed by atoms with van der Waals surface area (Å²) in [5.41, 5.74) is 4.40. The van der Waals surface area contributed by atoms with Crippen molar-refractivity contribution in [3.05, 3.63) is 144 Å². The van der Waals surface area contributed by atoms with Crippen molar-refractivity contribution in [2.24, 2.45) is 11.8 Å². The number of hydrogen-bond acceptors (Lipinski definition) is 6. The lowest BCUT2D eigenvalue weighted by atomic mass is 9.84. The van der Waals surface area contributed by atoms with Gasteiger partial charge in [-0.1, -0.05) is 121 Å². The molecular weight excluding hydrogens is 618 g/mol. The van der Waals surface area contributed by atoms with Crippen molar-refractivity contribution in [2.45, 2.75) is 49.0 Å². The van der Waals surface area contributed by atoms with Crippen LogP contribution in [0, 0.1) is 11.8 Å². The zero-order valence-corrected chi connectivity index (χ0v) is 28.3. The number of nitrogens with one attached hydrogen (secondary N) is 1. The molecule has 0 spiro atoms. The Bertz CT molecular complexity index is 1500. The van der Waals surface area contributed by atoms with E-state index >= 15 is 0 Å². The van der Waals surface area contributed by atoms with Crippen LogP contribution in [0.25, 0.3) is 0 Å². The molecule has 0 radical (unpaired) electrons. The molecule has 4 aromatic carbocycles. The molecule has 0 atom stereocenters. The van der Waals surface area contributed by atoms with E-state index in [0.29, 0.717) is 30.7 Å². The number of ketones is 1. The third-order valence-corrected chi connectivity index (χ3v) is 10.4. The Labute approximate surface area is 291 Å². The number of carbonyl (C=O) groups is 1. The number of Topliss-reactive ketones (excluding diaryl/α,β-unsaturated/α-hetero) is 1. The molecule has 252 valence electrons. The van der Waals surface area contributed by atoms with E-state index < -0.39 is 5.60 Å². The fourth-order valence-corrected chi connectivity index (χ4v) is 7.37. The second-order valence-corrected chi connectivity index (χ2v) is 14.2. The van der Waals surface area contributed by atoms with E-state index in [-0.39, 0.29) is 30.1 Å². The monoisotopic (exact) mass is 665 g/mol. The van der Waals surface area contributed by atoms with Crippen LogP contribution < -0.4 is 5.32 Å². The van der Waals surface area contributed by atoms with Crippen LogP contribution in [-0.2, 0) is 4.79 Å². The van der Waals surface area contributed by atoms with Gasteiger partial charge in [-0.3, -0.25) is 14.6 Å². The zero-order chi connectivity index (χ0) is 32.3. The predicted octanol–water partition coefficient (Wildman–Crippen LogP) is 6.05. The standard InChI is InChI=1S/C19H21NO.C16H15NO.C6H11NO.ClH/c21-19(17-11-12-17)13-20(14-19)18(15-7-3-1-4-8-15)16-9-5-2-6-10-16;18-15-11-17(12-15)16(13-7-3-1-4-8-13)14-9-5-2-6-10-14;8-6(3-7-4-6)5-1-2-5;/h1-10,17-18,21H,11-14H2;1-10,16H,11-12H2;5,7-8H,1-4H2;1H. The number of rotatable bonds is 8. The van der Waals surface area contributed by atoms with Gasteiger partial charge in [-0.2, -0.15) is 0 Å². The van der Waals surface area contributed by atoms with E-state index in [1.807, 2.05) is 36.4 Å². The van der Waals surface area contributed by atoms with Crippen LogP contribution in [0.5, 0.6) is 0 Å². The van der Waals surface area contributed by atoms with E-state index in [4.69, 9.17) is 0 Å². The number of hydrogen-bond donors (Lipinski definition) is 3. The van der Waals surface area contributed by atoms with Crippen molar-refractivity contribution in [1.82, 2.24) is 15.1 Å². The van der Waals surface area contributed by atoms with Crippen molar-refractivity contribution in [1.29, 1.82) is 0 Å². The van der Waals surface area contributed by atoms with Crippen molar-refractivity contribution >= 4 is 18.2 Å². The van der Waals surface area contributed by atoms with E-state index in [9.17, 15) is 15.0 Å². The van der Waals surface area contributed by atoms with Crippen molar-refractivity contribution in [3.63, 3.8) is 0 Å². The van der Waals surface area contributed by atoms with Gasteiger partial charge in [-0.05, 0) is 59.8 Å². The van der Waals surface area contributed by atoms with Gasteiger partial charge in [0.05, 0.1) is 36.4 Å². The lowest BCUT2D eigenvalue weighted by molar-refractivity contribution is -0.130. The highest BCUT2D eigenvalue weighted by Crippen LogP contribution is 2.47. The second kappa shape index (κ2) is 15.0. The van der Waals surface area contributed by atoms with Crippen LogP contribution in [0.15, 0.2) is 121 Å². The van der Waals surface area contributed by atoms with Gasteiger partial charge in [-0.15, -0.1) is 12.4 Å². The first-order valence-corrected chi connectivity index (χ1v) is 17.3. The normalized spacial score (nSPS) is 20.9. The maximum atomic E-state index is 11.2. The number of β-amino-alcohol motifs (C(OH)–C–C–N with tert-alkyl or cyclic N) is 2. The first-order valence-electron chi connectivity index (χ1n) is 17.3. The van der Waals surface area contributed by atoms with Gasteiger partial charge in [0.25, 0.3) is 0 Å². The van der Waals surface area contributed by atoms with Crippen molar-refractivity contribution < 1.29 is 15.0 Å². The minimum absolute atomic E-state index is 0. The van der Waals surface area contributed by atoms with E-state index in [1.165, 1.54) is 47.9 Å². The number of halogens is 1. The molecule has 5 fully saturated rings. The molecule has 2 saturated carbocycles. The highest BCUT2D eigenvalue weighted by molar-refractivity contribution is 5.88. The summed E-state index contributed by atoms with van der Waals surface area (Å²) in [7, 11) is 0. The number of nitrogens with zero attached hydrogens (tertiary/aromatic N) is 2. The molecule has 9 rings (SSSR count). The van der Waals surface area contributed by atoms with Crippen LogP contribution >= 0.6 is 12.4 Å². The fraction of sp³-hybridized carbons (Fsp3) is 0.390. The van der Waals surface area contributed by atoms with Crippen molar-refractivity contribution in [3.8, 4) is 0 Å². The summed E-state index contributed by atoms with van der Waals surface area (Å²) >= 11 is 0. The molecule has 48 heavy (non-hydrogen) atoms. The molecule has 0 amide bonds. The number of likely N-dealkylation sites (tertiary alicyclic amines) is 2. The van der Waals surface area contributed by atoms with Gasteiger partial charge in [0.15, 0.2) is 5.78 Å². The van der Waals surface area contributed by atoms with Crippen LogP contribution in [0.3, 0.4) is 0 Å². The average molecular weight is 666 g/mol. The lowest BCUT2D eigenvalue weighted by Gasteiger charge is -2.51. The van der Waals surface area contributed by atoms with E-state index in [0.717, 1.165) is 26.2 Å². The SMILES string of the molecule is Cl.O=C1CN(C(c2ccccc2)c2ccccc2)C1.OC1(C2CC2)CN(C(c2ccccc2)c2ccccc2)C1.OC1(C2CC2)CNC1. The molecule has 3 N–H and O–H groups in total. The molecule has 0 bridgehead atoms. The van der Waals surface area contributed by atoms with Gasteiger partial charge >= 0.3 is 0 Å². The Morgan fingerprint density at radius 1 is 0.542 bits per heavy atom. The number of aliphatic hydroxyl groups is 2. The lowest BCUT2D eigenvalue weighted by Crippen LogP contribution is -2.63. The molecule has 2 aliphatic carbocycles. The summed E-state index contributed by atoms with van der Waals surface area (Å²) in [6, 6.07) is 42.4. The van der Waals surface area contributed by atoms with Gasteiger partial charge in [0, 0.05) is 26.2 Å². The predicted molar refractivity (Wildman–Crippen MR) is 193 cm³/mol. The molecule has 4 aromatic rings. The summed E-state index contributed by atoms with van der Waals surface area (Å²) < 4.78 is 0. The Kier molecular flexibility index (Phi) is 10.8. The van der Waals surface area contributed by atoms with Gasteiger partial charge in [-0.25, -0.2) is 0 Å². The van der Waals surface area contributed by atoms with Crippen molar-refractivity contribution in [2.75, 3.05) is 39.3 Å². The summed E-state index contributed by atoms with van der Waals surface area (Å²) in [5, 5.41) is 23.2. The quantitative estimate of drug-likeness (QED) is 0.213. The highest BCUT2D eigenvalue weighted by atomic mass is 35.5. The smallest absolute Gasteiger partial charge is 0.160 e. The van der Waals surface area contributed by atoms with E-state index in [1.54, 1.807) is 0 Å². The Morgan fingerprint density at radius 3 is 1.15 bits per heavy atom. The maximum Gasteiger partial charge on any atom is 0.160 e. The average Bonchev–Trinajstić information content (AvgIpc) is 3.99. The third-order valence-electron chi connectivity index (χ3n) is 10.4. The molecule has 0 unspecified atom stereocenters. The Balaban J connectivity index is 0.000000135. The minimum atomic E-state index is -0.429. The zero-order valence-electron chi connectivity index (χ0n) is 27.5. The first kappa shape index (κ1) is 34.5. The topological polar surface area (TPSA) is 76.0 Å². The molecule has 3 saturated heterocycles. The molecule has 0 aromatic heterocycles. The van der Waals surface area contributed by atoms with Gasteiger partial charge < -0.3 is 15.5 Å². The molecule has 6 nitrogen and oxygen atoms in total. The first-order chi connectivity index (χ1) is 22.9. The summed E-state index contributed by atoms with van der Waals surface area (Å²) in [4.78, 5) is 15.9. The second-order valence-electron chi connectivity index (χ2n) is 14.2. The highest BCUT2D eigenvalue weighted by Gasteiger charge is 2.53. The van der Waals surface area contributed by atoms with Gasteiger partial charge in [0.2, 0.25) is 0 Å². The molecule has 5 aliphatic rings. The largest absolute Gasteiger partial charge is 0.387 e. The van der Waals surface area contributed by atoms with Crippen LogP contribution in [0.2, 0.25) is 0 Å². The molecule has 7 heteroatoms. The third kappa shape index (κ3) is 7.92. The van der Waals surface area contributed by atoms with Crippen LogP contribution in [0.4, 0.5) is 0 Å². The Hall–Kier alpha value is -3.36. The van der Waals surface area contributed by atoms with E-state index in [2.05, 4.69) is 100 Å². The Morgan fingerprint density at radius 2 is 0.875 bits per heavy atom. The van der Waals surface area contributed by atoms with Crippen LogP contribution in [-0.4, -0.2) is 76.3 Å².